The summed E-state index contributed by atoms with van der Waals surface area (Å²) in [6.07, 6.45) is 50.0. The van der Waals surface area contributed by atoms with Gasteiger partial charge in [-0.3, -0.25) is 37.3 Å². The van der Waals surface area contributed by atoms with Crippen molar-refractivity contribution < 1.29 is 80.2 Å². The van der Waals surface area contributed by atoms with E-state index in [2.05, 4.69) is 27.7 Å². The molecule has 0 aliphatic heterocycles. The van der Waals surface area contributed by atoms with E-state index in [1.807, 2.05) is 0 Å². The molecule has 0 bridgehead atoms. The maximum absolute atomic E-state index is 13.0. The molecule has 0 aromatic rings. The molecule has 0 radical (unpaired) electrons. The number of phosphoric acid groups is 2. The quantitative estimate of drug-likeness (QED) is 0.0222. The first kappa shape index (κ1) is 85.1. The number of ether oxygens (including phenoxy) is 4. The molecule has 0 aliphatic rings. The molecule has 3 N–H and O–H groups in total. The maximum Gasteiger partial charge on any atom is 0.472 e. The first-order valence-corrected chi connectivity index (χ1v) is 38.8. The van der Waals surface area contributed by atoms with E-state index < -0.39 is 97.5 Å². The highest BCUT2D eigenvalue weighted by atomic mass is 31.2. The Kier molecular flexibility index (Phi) is 61.4. The Morgan fingerprint density at radius 2 is 0.460 bits per heavy atom. The fraction of sp³-hybridized carbons (Fsp3) is 0.941. The number of aliphatic hydroxyl groups excluding tert-OH is 1. The number of esters is 4. The van der Waals surface area contributed by atoms with Gasteiger partial charge >= 0.3 is 39.5 Å². The van der Waals surface area contributed by atoms with Crippen LogP contribution in [0.5, 0.6) is 0 Å². The van der Waals surface area contributed by atoms with Gasteiger partial charge in [0.15, 0.2) is 12.2 Å². The lowest BCUT2D eigenvalue weighted by Crippen LogP contribution is -2.30. The molecule has 87 heavy (non-hydrogen) atoms. The van der Waals surface area contributed by atoms with Crippen molar-refractivity contribution in [2.45, 2.75) is 373 Å². The van der Waals surface area contributed by atoms with Crippen LogP contribution in [0.25, 0.3) is 0 Å². The standard InChI is InChI=1S/C68H132O17P2/c1-5-9-13-17-21-24-27-29-30-31-32-34-36-39-43-47-51-55-68(73)85-64(59-79-66(71)53-49-45-41-38-35-33-28-25-22-18-14-10-6-2)61-83-87(76,77)81-57-62(69)56-80-86(74,75)82-60-63(58-78-65(70)52-48-44-40-20-16-12-8-4)84-67(72)54-50-46-42-37-26-23-19-15-11-7-3/h62-64,69H,5-61H2,1-4H3,(H,74,75)(H,76,77)/t62-,63+,64+/m0/s1. The smallest absolute Gasteiger partial charge is 0.462 e. The van der Waals surface area contributed by atoms with Crippen LogP contribution in [0.4, 0.5) is 0 Å². The van der Waals surface area contributed by atoms with Gasteiger partial charge < -0.3 is 33.8 Å². The lowest BCUT2D eigenvalue weighted by molar-refractivity contribution is -0.161. The lowest BCUT2D eigenvalue weighted by Gasteiger charge is -2.21. The van der Waals surface area contributed by atoms with Gasteiger partial charge in [-0.05, 0) is 25.7 Å². The van der Waals surface area contributed by atoms with Crippen molar-refractivity contribution in [1.29, 1.82) is 0 Å². The van der Waals surface area contributed by atoms with Crippen LogP contribution in [0.15, 0.2) is 0 Å². The Morgan fingerprint density at radius 3 is 0.678 bits per heavy atom. The van der Waals surface area contributed by atoms with Crippen LogP contribution in [0, 0.1) is 0 Å². The van der Waals surface area contributed by atoms with E-state index in [9.17, 15) is 43.2 Å². The second-order valence-corrected chi connectivity index (χ2v) is 27.5. The fourth-order valence-corrected chi connectivity index (χ4v) is 11.9. The van der Waals surface area contributed by atoms with Crippen molar-refractivity contribution in [3.05, 3.63) is 0 Å². The molecular weight excluding hydrogens is 1150 g/mol. The summed E-state index contributed by atoms with van der Waals surface area (Å²) in [6, 6.07) is 0. The summed E-state index contributed by atoms with van der Waals surface area (Å²) >= 11 is 0. The average molecular weight is 1280 g/mol. The predicted octanol–water partition coefficient (Wildman–Crippen LogP) is 19.5. The zero-order valence-corrected chi connectivity index (χ0v) is 57.8. The molecule has 0 aromatic heterocycles. The third kappa shape index (κ3) is 62.6. The molecule has 0 fully saturated rings. The van der Waals surface area contributed by atoms with E-state index in [0.29, 0.717) is 25.7 Å². The summed E-state index contributed by atoms with van der Waals surface area (Å²) in [6.45, 7) is 4.89. The van der Waals surface area contributed by atoms with Crippen LogP contribution >= 0.6 is 15.6 Å². The van der Waals surface area contributed by atoms with E-state index in [1.165, 1.54) is 173 Å². The van der Waals surface area contributed by atoms with Gasteiger partial charge in [-0.25, -0.2) is 9.13 Å². The van der Waals surface area contributed by atoms with E-state index >= 15 is 0 Å². The molecule has 19 heteroatoms. The Labute approximate surface area is 530 Å². The van der Waals surface area contributed by atoms with E-state index in [-0.39, 0.29) is 25.7 Å². The molecular formula is C68H132O17P2. The first-order valence-electron chi connectivity index (χ1n) is 35.8. The van der Waals surface area contributed by atoms with Gasteiger partial charge in [0.05, 0.1) is 26.4 Å². The summed E-state index contributed by atoms with van der Waals surface area (Å²) < 4.78 is 68.1. The number of unbranched alkanes of at least 4 members (excludes halogenated alkanes) is 43. The second kappa shape index (κ2) is 62.8. The third-order valence-electron chi connectivity index (χ3n) is 15.9. The highest BCUT2D eigenvalue weighted by molar-refractivity contribution is 7.47. The lowest BCUT2D eigenvalue weighted by atomic mass is 10.0. The molecule has 0 rings (SSSR count). The molecule has 2 unspecified atom stereocenters. The number of phosphoric ester groups is 2. The molecule has 0 aliphatic carbocycles. The summed E-state index contributed by atoms with van der Waals surface area (Å²) in [4.78, 5) is 72.3. The molecule has 0 aromatic carbocycles. The summed E-state index contributed by atoms with van der Waals surface area (Å²) in [5, 5.41) is 10.6. The Morgan fingerprint density at radius 1 is 0.276 bits per heavy atom. The van der Waals surface area contributed by atoms with Crippen LogP contribution in [-0.2, 0) is 65.4 Å². The summed E-state index contributed by atoms with van der Waals surface area (Å²) in [5.41, 5.74) is 0. The molecule has 0 spiro atoms. The number of carbonyl (C=O) groups is 4. The highest BCUT2D eigenvalue weighted by Gasteiger charge is 2.30. The van der Waals surface area contributed by atoms with Crippen LogP contribution < -0.4 is 0 Å². The highest BCUT2D eigenvalue weighted by Crippen LogP contribution is 2.45. The third-order valence-corrected chi connectivity index (χ3v) is 17.8. The van der Waals surface area contributed by atoms with Crippen molar-refractivity contribution in [2.24, 2.45) is 0 Å². The molecule has 5 atom stereocenters. The van der Waals surface area contributed by atoms with E-state index in [0.717, 1.165) is 103 Å². The first-order chi connectivity index (χ1) is 42.2. The van der Waals surface area contributed by atoms with Gasteiger partial charge in [0.25, 0.3) is 0 Å². The fourth-order valence-electron chi connectivity index (χ4n) is 10.3. The van der Waals surface area contributed by atoms with Crippen molar-refractivity contribution >= 4 is 39.5 Å². The monoisotopic (exact) mass is 1280 g/mol. The average Bonchev–Trinajstić information content (AvgIpc) is 3.68. The van der Waals surface area contributed by atoms with E-state index in [1.54, 1.807) is 0 Å². The number of rotatable bonds is 69. The van der Waals surface area contributed by atoms with Crippen molar-refractivity contribution in [2.75, 3.05) is 39.6 Å². The number of hydrogen-bond acceptors (Lipinski definition) is 15. The topological polar surface area (TPSA) is 237 Å². The zero-order chi connectivity index (χ0) is 64.0. The minimum Gasteiger partial charge on any atom is -0.462 e. The zero-order valence-electron chi connectivity index (χ0n) is 56.0. The maximum atomic E-state index is 13.0. The Balaban J connectivity index is 5.19. The molecule has 0 heterocycles. The molecule has 0 saturated carbocycles. The van der Waals surface area contributed by atoms with Gasteiger partial charge in [-0.1, -0.05) is 304 Å². The predicted molar refractivity (Wildman–Crippen MR) is 349 cm³/mol. The van der Waals surface area contributed by atoms with E-state index in [4.69, 9.17) is 37.0 Å². The largest absolute Gasteiger partial charge is 0.472 e. The Hall–Kier alpha value is -1.94. The molecule has 516 valence electrons. The number of aliphatic hydroxyl groups is 1. The number of carbonyl (C=O) groups excluding carboxylic acids is 4. The second-order valence-electron chi connectivity index (χ2n) is 24.6. The van der Waals surface area contributed by atoms with Crippen molar-refractivity contribution in [3.63, 3.8) is 0 Å². The van der Waals surface area contributed by atoms with Gasteiger partial charge in [0.2, 0.25) is 0 Å². The van der Waals surface area contributed by atoms with Crippen molar-refractivity contribution in [3.8, 4) is 0 Å². The normalized spacial score (nSPS) is 14.1. The molecule has 0 amide bonds. The molecule has 17 nitrogen and oxygen atoms in total. The van der Waals surface area contributed by atoms with Crippen LogP contribution in [0.2, 0.25) is 0 Å². The van der Waals surface area contributed by atoms with Crippen molar-refractivity contribution in [1.82, 2.24) is 0 Å². The van der Waals surface area contributed by atoms with Crippen LogP contribution in [0.1, 0.15) is 355 Å². The van der Waals surface area contributed by atoms with Gasteiger partial charge in [0, 0.05) is 25.7 Å². The van der Waals surface area contributed by atoms with Gasteiger partial charge in [0.1, 0.15) is 19.3 Å². The SMILES string of the molecule is CCCCCCCCCCCCCCCCCCCC(=O)O[C@H](COC(=O)CCCCCCCCCCCCCCC)COP(=O)(O)OC[C@@H](O)COP(=O)(O)OC[C@@H](COC(=O)CCCCCCCCC)OC(=O)CCCCCCCCCCCC. The van der Waals surface area contributed by atoms with Crippen LogP contribution in [-0.4, -0.2) is 96.7 Å². The minimum absolute atomic E-state index is 0.106. The summed E-state index contributed by atoms with van der Waals surface area (Å²) in [5.74, 6) is -2.13. The minimum atomic E-state index is -4.95. The van der Waals surface area contributed by atoms with Gasteiger partial charge in [-0.15, -0.1) is 0 Å². The summed E-state index contributed by atoms with van der Waals surface area (Å²) in [7, 11) is -9.89. The molecule has 0 saturated heterocycles. The van der Waals surface area contributed by atoms with Gasteiger partial charge in [-0.2, -0.15) is 0 Å². The van der Waals surface area contributed by atoms with Crippen LogP contribution in [0.3, 0.4) is 0 Å². The number of hydrogen-bond donors (Lipinski definition) is 3. The Bertz CT molecular complexity index is 1670.